The summed E-state index contributed by atoms with van der Waals surface area (Å²) in [7, 11) is 1.64. The quantitative estimate of drug-likeness (QED) is 0.664. The molecule has 0 saturated carbocycles. The second-order valence-corrected chi connectivity index (χ2v) is 7.95. The highest BCUT2D eigenvalue weighted by molar-refractivity contribution is 7.14. The Morgan fingerprint density at radius 3 is 3.00 bits per heavy atom. The molecule has 2 aromatic heterocycles. The van der Waals surface area contributed by atoms with Crippen molar-refractivity contribution >= 4 is 33.9 Å². The second kappa shape index (κ2) is 8.78. The van der Waals surface area contributed by atoms with Crippen LogP contribution in [0.2, 0.25) is 0 Å². The summed E-state index contributed by atoms with van der Waals surface area (Å²) >= 11 is 2.73. The van der Waals surface area contributed by atoms with Gasteiger partial charge in [0.2, 0.25) is 5.13 Å². The number of anilines is 1. The van der Waals surface area contributed by atoms with Gasteiger partial charge >= 0.3 is 0 Å². The van der Waals surface area contributed by atoms with E-state index in [-0.39, 0.29) is 5.91 Å². The van der Waals surface area contributed by atoms with E-state index in [9.17, 15) is 4.79 Å². The van der Waals surface area contributed by atoms with Crippen molar-refractivity contribution in [1.82, 2.24) is 14.3 Å². The lowest BCUT2D eigenvalue weighted by Gasteiger charge is -2.25. The van der Waals surface area contributed by atoms with Crippen molar-refractivity contribution in [1.29, 1.82) is 0 Å². The van der Waals surface area contributed by atoms with Crippen LogP contribution in [0.25, 0.3) is 10.4 Å². The van der Waals surface area contributed by atoms with Gasteiger partial charge < -0.3 is 9.47 Å². The number of nitrogens with one attached hydrogen (secondary N) is 1. The first-order chi connectivity index (χ1) is 13.7. The van der Waals surface area contributed by atoms with E-state index in [1.807, 2.05) is 35.7 Å². The predicted octanol–water partition coefficient (Wildman–Crippen LogP) is 3.36. The summed E-state index contributed by atoms with van der Waals surface area (Å²) in [6.45, 7) is 3.91. The molecule has 0 spiro atoms. The molecule has 1 N–H and O–H groups in total. The summed E-state index contributed by atoms with van der Waals surface area (Å²) in [5, 5.41) is 5.21. The van der Waals surface area contributed by atoms with Crippen molar-refractivity contribution in [3.8, 4) is 16.2 Å². The summed E-state index contributed by atoms with van der Waals surface area (Å²) in [6, 6.07) is 9.67. The predicted molar refractivity (Wildman–Crippen MR) is 110 cm³/mol. The molecule has 4 rings (SSSR count). The smallest absolute Gasteiger partial charge is 0.258 e. The SMILES string of the molecule is COc1cccc(-c2cc(C(=O)Nc3nc(CN4CCOCC4)ns3)cs2)c1. The van der Waals surface area contributed by atoms with Crippen molar-refractivity contribution in [3.63, 3.8) is 0 Å². The van der Waals surface area contributed by atoms with Gasteiger partial charge in [0.05, 0.1) is 32.4 Å². The molecule has 7 nitrogen and oxygen atoms in total. The Morgan fingerprint density at radius 2 is 2.18 bits per heavy atom. The van der Waals surface area contributed by atoms with Crippen LogP contribution in [0.15, 0.2) is 35.7 Å². The zero-order chi connectivity index (χ0) is 19.3. The van der Waals surface area contributed by atoms with Crippen LogP contribution in [-0.2, 0) is 11.3 Å². The van der Waals surface area contributed by atoms with Gasteiger partial charge in [-0.1, -0.05) is 12.1 Å². The standard InChI is InChI=1S/C19H20N4O3S2/c1-25-15-4-2-3-13(9-15)16-10-14(12-27-16)18(24)21-19-20-17(22-28-19)11-23-5-7-26-8-6-23/h2-4,9-10,12H,5-8,11H2,1H3,(H,20,21,22,24). The van der Waals surface area contributed by atoms with Crippen LogP contribution in [-0.4, -0.2) is 53.6 Å². The average molecular weight is 417 g/mol. The fraction of sp³-hybridized carbons (Fsp3) is 0.316. The Balaban J connectivity index is 1.39. The third kappa shape index (κ3) is 4.56. The number of ether oxygens (including phenoxy) is 2. The molecule has 9 heteroatoms. The highest BCUT2D eigenvalue weighted by Gasteiger charge is 2.16. The number of morpholine rings is 1. The van der Waals surface area contributed by atoms with E-state index in [4.69, 9.17) is 9.47 Å². The lowest BCUT2D eigenvalue weighted by molar-refractivity contribution is 0.0332. The van der Waals surface area contributed by atoms with Gasteiger partial charge in [-0.2, -0.15) is 4.37 Å². The van der Waals surface area contributed by atoms with Crippen LogP contribution in [0, 0.1) is 0 Å². The highest BCUT2D eigenvalue weighted by Crippen LogP contribution is 2.30. The Labute approximate surface area is 171 Å². The van der Waals surface area contributed by atoms with Gasteiger partial charge in [0, 0.05) is 34.9 Å². The molecule has 1 aromatic carbocycles. The van der Waals surface area contributed by atoms with Gasteiger partial charge in [-0.15, -0.1) is 11.3 Å². The van der Waals surface area contributed by atoms with Crippen LogP contribution < -0.4 is 10.1 Å². The number of aromatic nitrogens is 2. The van der Waals surface area contributed by atoms with E-state index in [0.717, 1.165) is 48.3 Å². The van der Waals surface area contributed by atoms with E-state index in [0.29, 0.717) is 17.2 Å². The zero-order valence-electron chi connectivity index (χ0n) is 15.4. The maximum absolute atomic E-state index is 12.6. The largest absolute Gasteiger partial charge is 0.497 e. The molecule has 0 bridgehead atoms. The molecule has 0 radical (unpaired) electrons. The number of nitrogens with zero attached hydrogens (tertiary/aromatic N) is 3. The number of thiophene rings is 1. The van der Waals surface area contributed by atoms with E-state index >= 15 is 0 Å². The molecule has 1 fully saturated rings. The molecule has 1 aliphatic rings. The lowest BCUT2D eigenvalue weighted by Crippen LogP contribution is -2.35. The monoisotopic (exact) mass is 416 g/mol. The third-order valence-corrected chi connectivity index (χ3v) is 6.02. The van der Waals surface area contributed by atoms with Gasteiger partial charge in [0.1, 0.15) is 5.75 Å². The molecule has 3 heterocycles. The van der Waals surface area contributed by atoms with Gasteiger partial charge in [-0.25, -0.2) is 4.98 Å². The molecule has 0 atom stereocenters. The summed E-state index contributed by atoms with van der Waals surface area (Å²) in [5.74, 6) is 1.34. The second-order valence-electron chi connectivity index (χ2n) is 6.29. The number of carbonyl (C=O) groups is 1. The van der Waals surface area contributed by atoms with Gasteiger partial charge in [-0.3, -0.25) is 15.0 Å². The molecule has 3 aromatic rings. The molecule has 1 saturated heterocycles. The number of hydrogen-bond acceptors (Lipinski definition) is 8. The Kier molecular flexibility index (Phi) is 5.96. The van der Waals surface area contributed by atoms with Gasteiger partial charge in [0.15, 0.2) is 5.82 Å². The summed E-state index contributed by atoms with van der Waals surface area (Å²) in [4.78, 5) is 20.3. The minimum absolute atomic E-state index is 0.181. The van der Waals surface area contributed by atoms with Crippen molar-refractivity contribution in [2.24, 2.45) is 0 Å². The Bertz CT molecular complexity index is 950. The van der Waals surface area contributed by atoms with E-state index in [1.54, 1.807) is 7.11 Å². The molecule has 1 amide bonds. The Hall–Kier alpha value is -2.33. The Morgan fingerprint density at radius 1 is 1.32 bits per heavy atom. The van der Waals surface area contributed by atoms with Gasteiger partial charge in [0.25, 0.3) is 5.91 Å². The molecule has 146 valence electrons. The molecule has 0 aliphatic carbocycles. The first kappa shape index (κ1) is 19.0. The minimum Gasteiger partial charge on any atom is -0.497 e. The van der Waals surface area contributed by atoms with Crippen molar-refractivity contribution in [3.05, 3.63) is 47.1 Å². The third-order valence-electron chi connectivity index (χ3n) is 4.37. The summed E-state index contributed by atoms with van der Waals surface area (Å²) in [6.07, 6.45) is 0. The maximum atomic E-state index is 12.6. The first-order valence-corrected chi connectivity index (χ1v) is 10.5. The number of methoxy groups -OCH3 is 1. The average Bonchev–Trinajstić information content (AvgIpc) is 3.39. The molecule has 28 heavy (non-hydrogen) atoms. The van der Waals surface area contributed by atoms with Crippen LogP contribution in [0.1, 0.15) is 16.2 Å². The number of carbonyl (C=O) groups excluding carboxylic acids is 1. The van der Waals surface area contributed by atoms with Crippen LogP contribution >= 0.6 is 22.9 Å². The van der Waals surface area contributed by atoms with Gasteiger partial charge in [-0.05, 0) is 23.8 Å². The molecule has 0 unspecified atom stereocenters. The number of amides is 1. The number of hydrogen-bond donors (Lipinski definition) is 1. The molecule has 1 aliphatic heterocycles. The van der Waals surface area contributed by atoms with Crippen LogP contribution in [0.4, 0.5) is 5.13 Å². The lowest BCUT2D eigenvalue weighted by atomic mass is 10.1. The number of benzene rings is 1. The summed E-state index contributed by atoms with van der Waals surface area (Å²) < 4.78 is 15.0. The molecular weight excluding hydrogens is 396 g/mol. The zero-order valence-corrected chi connectivity index (χ0v) is 17.0. The van der Waals surface area contributed by atoms with Crippen molar-refractivity contribution in [2.75, 3.05) is 38.7 Å². The number of rotatable bonds is 6. The van der Waals surface area contributed by atoms with E-state index < -0.39 is 0 Å². The normalized spacial score (nSPS) is 14.8. The summed E-state index contributed by atoms with van der Waals surface area (Å²) in [5.41, 5.74) is 1.62. The topological polar surface area (TPSA) is 76.6 Å². The van der Waals surface area contributed by atoms with Crippen molar-refractivity contribution in [2.45, 2.75) is 6.54 Å². The molecular formula is C19H20N4O3S2. The van der Waals surface area contributed by atoms with Crippen LogP contribution in [0.5, 0.6) is 5.75 Å². The van der Waals surface area contributed by atoms with Crippen molar-refractivity contribution < 1.29 is 14.3 Å². The minimum atomic E-state index is -0.181. The fourth-order valence-electron chi connectivity index (χ4n) is 2.88. The van der Waals surface area contributed by atoms with E-state index in [2.05, 4.69) is 19.6 Å². The van der Waals surface area contributed by atoms with E-state index in [1.165, 1.54) is 22.9 Å². The van der Waals surface area contributed by atoms with Crippen LogP contribution in [0.3, 0.4) is 0 Å². The maximum Gasteiger partial charge on any atom is 0.258 e. The highest BCUT2D eigenvalue weighted by atomic mass is 32.1. The fourth-order valence-corrected chi connectivity index (χ4v) is 4.34. The first-order valence-electron chi connectivity index (χ1n) is 8.88.